The third kappa shape index (κ3) is 3.44. The number of ether oxygens (including phenoxy) is 1. The number of rotatable bonds is 5. The van der Waals surface area contributed by atoms with Crippen LogP contribution < -0.4 is 10.2 Å². The molecular formula is C21H17N5O4. The van der Waals surface area contributed by atoms with Crippen LogP contribution in [-0.2, 0) is 4.79 Å². The predicted octanol–water partition coefficient (Wildman–Crippen LogP) is 3.35. The molecule has 9 heteroatoms. The average Bonchev–Trinajstić information content (AvgIpc) is 3.32. The second-order valence-corrected chi connectivity index (χ2v) is 6.55. The second-order valence-electron chi connectivity index (χ2n) is 6.55. The fourth-order valence-electron chi connectivity index (χ4n) is 3.16. The quantitative estimate of drug-likeness (QED) is 0.399. The standard InChI is InChI=1S/C21H17N5O4/c1-13-17(21(27)23-22-13)10-15-12-25(16-6-4-3-5-7-16)24-20(15)14-8-9-19(30-2)18(11-14)26(28)29/h3-12H,1-2H3,(H,23,27)/b17-10-. The van der Waals surface area contributed by atoms with E-state index in [-0.39, 0.29) is 17.3 Å². The highest BCUT2D eigenvalue weighted by Gasteiger charge is 2.22. The van der Waals surface area contributed by atoms with Crippen LogP contribution >= 0.6 is 0 Å². The molecule has 0 saturated heterocycles. The Morgan fingerprint density at radius 3 is 2.60 bits per heavy atom. The van der Waals surface area contributed by atoms with E-state index >= 15 is 0 Å². The van der Waals surface area contributed by atoms with Crippen LogP contribution in [0.15, 0.2) is 65.4 Å². The van der Waals surface area contributed by atoms with Gasteiger partial charge in [0.2, 0.25) is 0 Å². The van der Waals surface area contributed by atoms with Gasteiger partial charge in [0.05, 0.1) is 29.0 Å². The molecule has 0 spiro atoms. The van der Waals surface area contributed by atoms with Gasteiger partial charge in [-0.1, -0.05) is 18.2 Å². The first-order valence-electron chi connectivity index (χ1n) is 9.02. The molecule has 2 aromatic carbocycles. The molecule has 0 unspecified atom stereocenters. The second kappa shape index (κ2) is 7.63. The fraction of sp³-hybridized carbons (Fsp3) is 0.0952. The Morgan fingerprint density at radius 2 is 1.97 bits per heavy atom. The summed E-state index contributed by atoms with van der Waals surface area (Å²) < 4.78 is 6.75. The van der Waals surface area contributed by atoms with Gasteiger partial charge in [-0.2, -0.15) is 10.2 Å². The number of nitro groups is 1. The van der Waals surface area contributed by atoms with Gasteiger partial charge in [-0.05, 0) is 37.3 Å². The first kappa shape index (κ1) is 19.1. The predicted molar refractivity (Wildman–Crippen MR) is 111 cm³/mol. The van der Waals surface area contributed by atoms with Crippen molar-refractivity contribution in [1.29, 1.82) is 0 Å². The fourth-order valence-corrected chi connectivity index (χ4v) is 3.16. The molecule has 2 heterocycles. The number of aromatic nitrogens is 2. The lowest BCUT2D eigenvalue weighted by molar-refractivity contribution is -0.385. The van der Waals surface area contributed by atoms with Crippen LogP contribution in [0.5, 0.6) is 5.75 Å². The van der Waals surface area contributed by atoms with E-state index < -0.39 is 4.92 Å². The first-order valence-corrected chi connectivity index (χ1v) is 9.02. The van der Waals surface area contributed by atoms with Crippen LogP contribution in [-0.4, -0.2) is 33.4 Å². The van der Waals surface area contributed by atoms with Crippen LogP contribution in [0.3, 0.4) is 0 Å². The molecule has 3 aromatic rings. The zero-order valence-electron chi connectivity index (χ0n) is 16.2. The number of carbonyl (C=O) groups excluding carboxylic acids is 1. The van der Waals surface area contributed by atoms with E-state index in [1.165, 1.54) is 19.2 Å². The Hall–Kier alpha value is -4.27. The van der Waals surface area contributed by atoms with Crippen molar-refractivity contribution in [2.45, 2.75) is 6.92 Å². The third-order valence-electron chi connectivity index (χ3n) is 4.67. The lowest BCUT2D eigenvalue weighted by Crippen LogP contribution is -2.12. The van der Waals surface area contributed by atoms with E-state index in [9.17, 15) is 14.9 Å². The van der Waals surface area contributed by atoms with Crippen molar-refractivity contribution in [3.05, 3.63) is 76.0 Å². The lowest BCUT2D eigenvalue weighted by Gasteiger charge is -2.05. The van der Waals surface area contributed by atoms with Crippen LogP contribution in [0.4, 0.5) is 5.69 Å². The van der Waals surface area contributed by atoms with Gasteiger partial charge in [0.15, 0.2) is 5.75 Å². The summed E-state index contributed by atoms with van der Waals surface area (Å²) in [7, 11) is 1.38. The molecule has 4 rings (SSSR count). The smallest absolute Gasteiger partial charge is 0.311 e. The Balaban J connectivity index is 1.90. The summed E-state index contributed by atoms with van der Waals surface area (Å²) in [5.41, 5.74) is 5.67. The van der Waals surface area contributed by atoms with Crippen LogP contribution in [0.1, 0.15) is 12.5 Å². The molecule has 1 aromatic heterocycles. The number of methoxy groups -OCH3 is 1. The molecule has 1 amide bonds. The van der Waals surface area contributed by atoms with Crippen molar-refractivity contribution in [2.75, 3.05) is 7.11 Å². The summed E-state index contributed by atoms with van der Waals surface area (Å²) in [5, 5.41) is 20.0. The van der Waals surface area contributed by atoms with Gasteiger partial charge in [0.25, 0.3) is 5.91 Å². The summed E-state index contributed by atoms with van der Waals surface area (Å²) in [6.45, 7) is 1.73. The lowest BCUT2D eigenvalue weighted by atomic mass is 10.0. The Bertz CT molecular complexity index is 1210. The van der Waals surface area contributed by atoms with Gasteiger partial charge >= 0.3 is 5.69 Å². The van der Waals surface area contributed by atoms with Crippen LogP contribution in [0.2, 0.25) is 0 Å². The number of nitrogens with zero attached hydrogens (tertiary/aromatic N) is 4. The summed E-state index contributed by atoms with van der Waals surface area (Å²) in [5.74, 6) is -0.157. The minimum absolute atomic E-state index is 0.157. The molecule has 150 valence electrons. The SMILES string of the molecule is COc1ccc(-c2nn(-c3ccccc3)cc2/C=C2\C(=O)NN=C2C)cc1[N+](=O)[O-]. The Kier molecular flexibility index (Phi) is 4.85. The van der Waals surface area contributed by atoms with Gasteiger partial charge in [0.1, 0.15) is 5.69 Å². The minimum atomic E-state index is -0.504. The molecular weight excluding hydrogens is 386 g/mol. The maximum absolute atomic E-state index is 12.1. The van der Waals surface area contributed by atoms with E-state index in [2.05, 4.69) is 15.6 Å². The van der Waals surface area contributed by atoms with Gasteiger partial charge < -0.3 is 4.74 Å². The van der Waals surface area contributed by atoms with Crippen molar-refractivity contribution in [1.82, 2.24) is 15.2 Å². The number of hydrazone groups is 1. The summed E-state index contributed by atoms with van der Waals surface area (Å²) in [4.78, 5) is 23.1. The van der Waals surface area contributed by atoms with Crippen LogP contribution in [0.25, 0.3) is 23.0 Å². The number of carbonyl (C=O) groups is 1. The highest BCUT2D eigenvalue weighted by Crippen LogP contribution is 2.34. The average molecular weight is 403 g/mol. The summed E-state index contributed by atoms with van der Waals surface area (Å²) in [6.07, 6.45) is 3.45. The van der Waals surface area contributed by atoms with Crippen molar-refractivity contribution >= 4 is 23.4 Å². The number of nitrogens with one attached hydrogen (secondary N) is 1. The van der Waals surface area contributed by atoms with Crippen molar-refractivity contribution in [3.63, 3.8) is 0 Å². The Labute approximate surface area is 171 Å². The number of hydrogen-bond donors (Lipinski definition) is 1. The molecule has 0 radical (unpaired) electrons. The molecule has 9 nitrogen and oxygen atoms in total. The normalized spacial score (nSPS) is 14.5. The highest BCUT2D eigenvalue weighted by molar-refractivity contribution is 6.26. The first-order chi connectivity index (χ1) is 14.5. The van der Waals surface area contributed by atoms with Gasteiger partial charge in [-0.25, -0.2) is 10.1 Å². The minimum Gasteiger partial charge on any atom is -0.490 e. The number of nitro benzene ring substituents is 1. The largest absolute Gasteiger partial charge is 0.490 e. The molecule has 0 saturated carbocycles. The van der Waals surface area contributed by atoms with E-state index in [1.54, 1.807) is 29.9 Å². The zero-order chi connectivity index (χ0) is 21.3. The van der Waals surface area contributed by atoms with Gasteiger partial charge in [-0.3, -0.25) is 14.9 Å². The summed E-state index contributed by atoms with van der Waals surface area (Å²) in [6, 6.07) is 14.1. The van der Waals surface area contributed by atoms with E-state index in [4.69, 9.17) is 4.74 Å². The molecule has 0 aliphatic carbocycles. The molecule has 1 aliphatic rings. The van der Waals surface area contributed by atoms with E-state index in [0.29, 0.717) is 28.1 Å². The van der Waals surface area contributed by atoms with Gasteiger partial charge in [-0.15, -0.1) is 0 Å². The number of benzene rings is 2. The molecule has 0 atom stereocenters. The zero-order valence-corrected chi connectivity index (χ0v) is 16.2. The molecule has 1 N–H and O–H groups in total. The number of hydrogen-bond acceptors (Lipinski definition) is 6. The third-order valence-corrected chi connectivity index (χ3v) is 4.67. The highest BCUT2D eigenvalue weighted by atomic mass is 16.6. The van der Waals surface area contributed by atoms with E-state index in [1.807, 2.05) is 30.3 Å². The summed E-state index contributed by atoms with van der Waals surface area (Å²) >= 11 is 0. The molecule has 0 bridgehead atoms. The topological polar surface area (TPSA) is 112 Å². The molecule has 1 aliphatic heterocycles. The monoisotopic (exact) mass is 403 g/mol. The van der Waals surface area contributed by atoms with Crippen molar-refractivity contribution in [2.24, 2.45) is 5.10 Å². The van der Waals surface area contributed by atoms with Crippen LogP contribution in [0, 0.1) is 10.1 Å². The van der Waals surface area contributed by atoms with Gasteiger partial charge in [0, 0.05) is 23.4 Å². The van der Waals surface area contributed by atoms with E-state index in [0.717, 1.165) is 5.69 Å². The van der Waals surface area contributed by atoms with Crippen molar-refractivity contribution in [3.8, 4) is 22.7 Å². The molecule has 30 heavy (non-hydrogen) atoms. The maximum Gasteiger partial charge on any atom is 0.311 e. The number of para-hydroxylation sites is 1. The van der Waals surface area contributed by atoms with Crippen molar-refractivity contribution < 1.29 is 14.5 Å². The Morgan fingerprint density at radius 1 is 1.20 bits per heavy atom. The molecule has 0 fully saturated rings. The maximum atomic E-state index is 12.1. The number of amides is 1.